The summed E-state index contributed by atoms with van der Waals surface area (Å²) in [6.45, 7) is 3.70. The maximum Gasteiger partial charge on any atom is 0.128 e. The first-order valence-corrected chi connectivity index (χ1v) is 6.33. The Morgan fingerprint density at radius 3 is 2.58 bits per heavy atom. The van der Waals surface area contributed by atoms with E-state index >= 15 is 0 Å². The van der Waals surface area contributed by atoms with Crippen LogP contribution in [0.25, 0.3) is 0 Å². The van der Waals surface area contributed by atoms with Crippen molar-refractivity contribution in [3.63, 3.8) is 0 Å². The molecule has 0 heterocycles. The fraction of sp³-hybridized carbons (Fsp3) is 0.200. The predicted octanol–water partition coefficient (Wildman–Crippen LogP) is 5.10. The lowest BCUT2D eigenvalue weighted by Crippen LogP contribution is -2.10. The van der Waals surface area contributed by atoms with Crippen molar-refractivity contribution in [2.24, 2.45) is 0 Å². The molecular weight excluding hydrogens is 268 g/mol. The zero-order valence-electron chi connectivity index (χ0n) is 10.7. The molecule has 0 aliphatic heterocycles. The van der Waals surface area contributed by atoms with Gasteiger partial charge in [0.25, 0.3) is 0 Å². The summed E-state index contributed by atoms with van der Waals surface area (Å²) in [6.07, 6.45) is 0. The van der Waals surface area contributed by atoms with Gasteiger partial charge in [-0.2, -0.15) is 0 Å². The molecule has 2 aromatic carbocycles. The Balaban J connectivity index is 2.27. The average Bonchev–Trinajstić information content (AvgIpc) is 2.36. The lowest BCUT2D eigenvalue weighted by Gasteiger charge is -2.18. The Labute approximate surface area is 116 Å². The third-order valence-electron chi connectivity index (χ3n) is 3.00. The normalized spacial score (nSPS) is 12.3. The first-order valence-electron chi connectivity index (χ1n) is 5.95. The molecule has 0 saturated heterocycles. The van der Waals surface area contributed by atoms with E-state index in [4.69, 9.17) is 11.6 Å². The maximum absolute atomic E-state index is 13.7. The first kappa shape index (κ1) is 13.8. The van der Waals surface area contributed by atoms with Gasteiger partial charge in [0.1, 0.15) is 11.6 Å². The van der Waals surface area contributed by atoms with Crippen LogP contribution in [0.15, 0.2) is 36.4 Å². The Bertz CT molecular complexity index is 599. The molecule has 1 unspecified atom stereocenters. The van der Waals surface area contributed by atoms with Crippen LogP contribution in [0.5, 0.6) is 0 Å². The predicted molar refractivity (Wildman–Crippen MR) is 74.6 cm³/mol. The second kappa shape index (κ2) is 5.57. The maximum atomic E-state index is 13.7. The minimum Gasteiger partial charge on any atom is -0.378 e. The van der Waals surface area contributed by atoms with E-state index in [1.54, 1.807) is 19.1 Å². The van der Waals surface area contributed by atoms with Gasteiger partial charge in [0, 0.05) is 16.3 Å². The Morgan fingerprint density at radius 1 is 1.11 bits per heavy atom. The average molecular weight is 282 g/mol. The van der Waals surface area contributed by atoms with Crippen molar-refractivity contribution in [1.82, 2.24) is 0 Å². The van der Waals surface area contributed by atoms with Gasteiger partial charge in [-0.25, -0.2) is 8.78 Å². The third kappa shape index (κ3) is 3.24. The van der Waals surface area contributed by atoms with Crippen molar-refractivity contribution in [1.29, 1.82) is 0 Å². The van der Waals surface area contributed by atoms with E-state index in [9.17, 15) is 8.78 Å². The first-order chi connectivity index (χ1) is 8.97. The van der Waals surface area contributed by atoms with Crippen molar-refractivity contribution in [3.8, 4) is 0 Å². The third-order valence-corrected chi connectivity index (χ3v) is 3.23. The van der Waals surface area contributed by atoms with E-state index in [1.165, 1.54) is 6.07 Å². The minimum atomic E-state index is -0.451. The van der Waals surface area contributed by atoms with E-state index in [0.29, 0.717) is 10.6 Å². The zero-order chi connectivity index (χ0) is 14.0. The Hall–Kier alpha value is -1.61. The minimum absolute atomic E-state index is 0.291. The summed E-state index contributed by atoms with van der Waals surface area (Å²) in [4.78, 5) is 0. The largest absolute Gasteiger partial charge is 0.378 e. The van der Waals surface area contributed by atoms with Crippen LogP contribution in [-0.4, -0.2) is 0 Å². The number of rotatable bonds is 3. The number of benzene rings is 2. The second-order valence-electron chi connectivity index (χ2n) is 4.49. The van der Waals surface area contributed by atoms with Gasteiger partial charge in [-0.05, 0) is 49.7 Å². The molecule has 1 N–H and O–H groups in total. The van der Waals surface area contributed by atoms with Gasteiger partial charge in [0.2, 0.25) is 0 Å². The van der Waals surface area contributed by atoms with E-state index in [1.807, 2.05) is 13.0 Å². The number of hydrogen-bond donors (Lipinski definition) is 1. The molecule has 0 saturated carbocycles. The van der Waals surface area contributed by atoms with Gasteiger partial charge in [0.15, 0.2) is 0 Å². The number of anilines is 1. The summed E-state index contributed by atoms with van der Waals surface area (Å²) in [7, 11) is 0. The SMILES string of the molecule is Cc1ccc(Cl)cc1NC(C)c1cc(F)ccc1F. The van der Waals surface area contributed by atoms with Crippen molar-refractivity contribution in [3.05, 3.63) is 64.2 Å². The number of nitrogens with one attached hydrogen (secondary N) is 1. The zero-order valence-corrected chi connectivity index (χ0v) is 11.4. The molecule has 0 aliphatic carbocycles. The van der Waals surface area contributed by atoms with Gasteiger partial charge >= 0.3 is 0 Å². The van der Waals surface area contributed by atoms with Crippen LogP contribution >= 0.6 is 11.6 Å². The molecular formula is C15H14ClF2N. The molecule has 2 aromatic rings. The number of halogens is 3. The summed E-state index contributed by atoms with van der Waals surface area (Å²) in [5.41, 5.74) is 2.09. The topological polar surface area (TPSA) is 12.0 Å². The standard InChI is InChI=1S/C15H14ClF2N/c1-9-3-4-11(16)7-15(9)19-10(2)13-8-12(17)5-6-14(13)18/h3-8,10,19H,1-2H3. The second-order valence-corrected chi connectivity index (χ2v) is 4.93. The highest BCUT2D eigenvalue weighted by Crippen LogP contribution is 2.26. The Morgan fingerprint density at radius 2 is 1.84 bits per heavy atom. The van der Waals surface area contributed by atoms with Gasteiger partial charge in [-0.15, -0.1) is 0 Å². The molecule has 0 aromatic heterocycles. The summed E-state index contributed by atoms with van der Waals surface area (Å²) in [5.74, 6) is -0.881. The molecule has 100 valence electrons. The van der Waals surface area contributed by atoms with Gasteiger partial charge in [-0.3, -0.25) is 0 Å². The molecule has 0 amide bonds. The number of aryl methyl sites for hydroxylation is 1. The highest BCUT2D eigenvalue weighted by molar-refractivity contribution is 6.30. The molecule has 0 fully saturated rings. The Kier molecular flexibility index (Phi) is 4.05. The van der Waals surface area contributed by atoms with E-state index in [2.05, 4.69) is 5.32 Å². The molecule has 0 bridgehead atoms. The van der Waals surface area contributed by atoms with Gasteiger partial charge in [0.05, 0.1) is 6.04 Å². The molecule has 4 heteroatoms. The van der Waals surface area contributed by atoms with Crippen LogP contribution in [0.4, 0.5) is 14.5 Å². The summed E-state index contributed by atoms with van der Waals surface area (Å²) in [6, 6.07) is 8.52. The van der Waals surface area contributed by atoms with Crippen molar-refractivity contribution >= 4 is 17.3 Å². The monoisotopic (exact) mass is 281 g/mol. The van der Waals surface area contributed by atoms with Crippen LogP contribution in [-0.2, 0) is 0 Å². The molecule has 0 spiro atoms. The van der Waals surface area contributed by atoms with Crippen LogP contribution in [0, 0.1) is 18.6 Å². The fourth-order valence-electron chi connectivity index (χ4n) is 1.91. The fourth-order valence-corrected chi connectivity index (χ4v) is 2.08. The van der Waals surface area contributed by atoms with Crippen molar-refractivity contribution in [2.45, 2.75) is 19.9 Å². The molecule has 2 rings (SSSR count). The summed E-state index contributed by atoms with van der Waals surface area (Å²) in [5, 5.41) is 3.74. The highest BCUT2D eigenvalue weighted by Gasteiger charge is 2.13. The summed E-state index contributed by atoms with van der Waals surface area (Å²) >= 11 is 5.93. The van der Waals surface area contributed by atoms with Crippen molar-refractivity contribution in [2.75, 3.05) is 5.32 Å². The van der Waals surface area contributed by atoms with Crippen LogP contribution in [0.1, 0.15) is 24.1 Å². The lowest BCUT2D eigenvalue weighted by molar-refractivity contribution is 0.577. The van der Waals surface area contributed by atoms with Gasteiger partial charge in [-0.1, -0.05) is 17.7 Å². The molecule has 0 aliphatic rings. The molecule has 1 atom stereocenters. The smallest absolute Gasteiger partial charge is 0.128 e. The van der Waals surface area contributed by atoms with E-state index in [-0.39, 0.29) is 6.04 Å². The van der Waals surface area contributed by atoms with E-state index in [0.717, 1.165) is 23.4 Å². The van der Waals surface area contributed by atoms with Crippen molar-refractivity contribution < 1.29 is 8.78 Å². The van der Waals surface area contributed by atoms with Gasteiger partial charge < -0.3 is 5.32 Å². The molecule has 1 nitrogen and oxygen atoms in total. The van der Waals surface area contributed by atoms with Crippen LogP contribution in [0.3, 0.4) is 0 Å². The van der Waals surface area contributed by atoms with Crippen LogP contribution < -0.4 is 5.32 Å². The molecule has 19 heavy (non-hydrogen) atoms. The molecule has 0 radical (unpaired) electrons. The van der Waals surface area contributed by atoms with Crippen LogP contribution in [0.2, 0.25) is 5.02 Å². The quantitative estimate of drug-likeness (QED) is 0.825. The van der Waals surface area contributed by atoms with E-state index < -0.39 is 11.6 Å². The lowest BCUT2D eigenvalue weighted by atomic mass is 10.1. The summed E-state index contributed by atoms with van der Waals surface area (Å²) < 4.78 is 26.8. The highest BCUT2D eigenvalue weighted by atomic mass is 35.5. The number of hydrogen-bond acceptors (Lipinski definition) is 1.